The van der Waals surface area contributed by atoms with Gasteiger partial charge in [-0.2, -0.15) is 0 Å². The van der Waals surface area contributed by atoms with Crippen molar-refractivity contribution in [1.29, 1.82) is 0 Å². The van der Waals surface area contributed by atoms with Crippen LogP contribution in [0.4, 0.5) is 5.69 Å². The first kappa shape index (κ1) is 26.0. The molecule has 36 heavy (non-hydrogen) atoms. The van der Waals surface area contributed by atoms with Gasteiger partial charge in [0.1, 0.15) is 6.54 Å². The smallest absolute Gasteiger partial charge is 0.264 e. The van der Waals surface area contributed by atoms with Crippen LogP contribution in [0.5, 0.6) is 0 Å². The average molecular weight is 505 g/mol. The van der Waals surface area contributed by atoms with Crippen molar-refractivity contribution in [2.45, 2.75) is 70.7 Å². The number of rotatable bonds is 8. The van der Waals surface area contributed by atoms with E-state index in [4.69, 9.17) is 0 Å². The molecule has 3 aromatic carbocycles. The molecule has 1 atom stereocenters. The van der Waals surface area contributed by atoms with E-state index in [1.165, 1.54) is 28.3 Å². The van der Waals surface area contributed by atoms with Gasteiger partial charge in [-0.25, -0.2) is 8.42 Å². The fraction of sp³-hybridized carbons (Fsp3) is 0.367. The fourth-order valence-corrected chi connectivity index (χ4v) is 6.47. The second-order valence-corrected chi connectivity index (χ2v) is 11.7. The Bertz CT molecular complexity index is 1350. The molecule has 1 aliphatic rings. The Morgan fingerprint density at radius 2 is 1.56 bits per heavy atom. The number of hydrogen-bond acceptors (Lipinski definition) is 3. The molecule has 4 rings (SSSR count). The number of nitrogens with one attached hydrogen (secondary N) is 1. The van der Waals surface area contributed by atoms with Gasteiger partial charge in [-0.15, -0.1) is 0 Å². The van der Waals surface area contributed by atoms with Crippen molar-refractivity contribution in [3.63, 3.8) is 0 Å². The van der Waals surface area contributed by atoms with Crippen LogP contribution in [-0.4, -0.2) is 20.9 Å². The number of aryl methyl sites for hydroxylation is 5. The first-order valence-electron chi connectivity index (χ1n) is 12.8. The van der Waals surface area contributed by atoms with Crippen LogP contribution in [0, 0.1) is 20.8 Å². The Morgan fingerprint density at radius 1 is 0.889 bits per heavy atom. The Morgan fingerprint density at radius 3 is 2.22 bits per heavy atom. The molecule has 0 bridgehead atoms. The molecule has 190 valence electrons. The Labute approximate surface area is 215 Å². The van der Waals surface area contributed by atoms with Gasteiger partial charge in [0.2, 0.25) is 5.91 Å². The summed E-state index contributed by atoms with van der Waals surface area (Å²) in [6, 6.07) is 18.7. The highest BCUT2D eigenvalue weighted by molar-refractivity contribution is 7.92. The van der Waals surface area contributed by atoms with E-state index < -0.39 is 10.0 Å². The number of anilines is 1. The van der Waals surface area contributed by atoms with E-state index in [0.717, 1.165) is 41.5 Å². The molecule has 0 saturated heterocycles. The van der Waals surface area contributed by atoms with Crippen LogP contribution in [0.15, 0.2) is 65.6 Å². The van der Waals surface area contributed by atoms with Gasteiger partial charge in [0.15, 0.2) is 0 Å². The summed E-state index contributed by atoms with van der Waals surface area (Å²) in [4.78, 5) is 13.5. The zero-order chi connectivity index (χ0) is 25.9. The van der Waals surface area contributed by atoms with Crippen molar-refractivity contribution in [2.75, 3.05) is 10.8 Å². The molecule has 3 aromatic rings. The molecular weight excluding hydrogens is 468 g/mol. The second-order valence-electron chi connectivity index (χ2n) is 9.88. The minimum Gasteiger partial charge on any atom is -0.348 e. The monoisotopic (exact) mass is 504 g/mol. The third kappa shape index (κ3) is 5.65. The van der Waals surface area contributed by atoms with Crippen molar-refractivity contribution >= 4 is 21.6 Å². The van der Waals surface area contributed by atoms with Crippen LogP contribution >= 0.6 is 0 Å². The lowest BCUT2D eigenvalue weighted by Crippen LogP contribution is -2.42. The zero-order valence-electron chi connectivity index (χ0n) is 21.7. The van der Waals surface area contributed by atoms with Gasteiger partial charge >= 0.3 is 0 Å². The van der Waals surface area contributed by atoms with Gasteiger partial charge in [-0.05, 0) is 93.3 Å². The molecule has 0 fully saturated rings. The number of nitrogens with zero attached hydrogens (tertiary/aromatic N) is 1. The third-order valence-corrected chi connectivity index (χ3v) is 8.81. The number of fused-ring (bicyclic) bond motifs is 1. The van der Waals surface area contributed by atoms with E-state index in [2.05, 4.69) is 23.5 Å². The fourth-order valence-electron chi connectivity index (χ4n) is 4.98. The van der Waals surface area contributed by atoms with Crippen molar-refractivity contribution in [1.82, 2.24) is 5.32 Å². The van der Waals surface area contributed by atoms with Gasteiger partial charge < -0.3 is 5.32 Å². The highest BCUT2D eigenvalue weighted by Gasteiger charge is 2.29. The predicted molar refractivity (Wildman–Crippen MR) is 146 cm³/mol. The SMILES string of the molecule is CC[C@@H](NC(=O)CN(c1ccc(C)cc1C)S(=O)(=O)c1ccc(C)cc1)c1ccc2c(c1)CCCC2. The van der Waals surface area contributed by atoms with Gasteiger partial charge in [0.05, 0.1) is 16.6 Å². The molecule has 0 spiro atoms. The topological polar surface area (TPSA) is 66.5 Å². The van der Waals surface area contributed by atoms with Crippen molar-refractivity contribution < 1.29 is 13.2 Å². The molecular formula is C30H36N2O3S. The van der Waals surface area contributed by atoms with E-state index in [0.29, 0.717) is 5.69 Å². The highest BCUT2D eigenvalue weighted by Crippen LogP contribution is 2.29. The van der Waals surface area contributed by atoms with Crippen LogP contribution in [0.2, 0.25) is 0 Å². The lowest BCUT2D eigenvalue weighted by molar-refractivity contribution is -0.120. The number of sulfonamides is 1. The molecule has 1 aliphatic carbocycles. The van der Waals surface area contributed by atoms with E-state index in [-0.39, 0.29) is 23.4 Å². The van der Waals surface area contributed by atoms with E-state index >= 15 is 0 Å². The Hall–Kier alpha value is -3.12. The number of amides is 1. The summed E-state index contributed by atoms with van der Waals surface area (Å²) >= 11 is 0. The van der Waals surface area contributed by atoms with Crippen LogP contribution in [0.3, 0.4) is 0 Å². The normalized spacial score (nSPS) is 14.1. The predicted octanol–water partition coefficient (Wildman–Crippen LogP) is 5.95. The molecule has 0 unspecified atom stereocenters. The summed E-state index contributed by atoms with van der Waals surface area (Å²) in [6.07, 6.45) is 5.33. The minimum atomic E-state index is -3.95. The van der Waals surface area contributed by atoms with E-state index in [1.807, 2.05) is 39.8 Å². The Kier molecular flexibility index (Phi) is 7.84. The standard InChI is InChI=1S/C30H36N2O3S/c1-5-28(26-14-13-24-8-6-7-9-25(24)19-26)31-30(33)20-32(29-17-12-22(3)18-23(29)4)36(34,35)27-15-10-21(2)11-16-27/h10-19,28H,5-9,20H2,1-4H3,(H,31,33)/t28-/m1/s1. The molecule has 0 aliphatic heterocycles. The largest absolute Gasteiger partial charge is 0.348 e. The average Bonchev–Trinajstić information content (AvgIpc) is 2.86. The maximum absolute atomic E-state index is 13.7. The van der Waals surface area contributed by atoms with Crippen LogP contribution in [0.1, 0.15) is 65.6 Å². The molecule has 0 saturated carbocycles. The van der Waals surface area contributed by atoms with Crippen molar-refractivity contribution in [2.24, 2.45) is 0 Å². The summed E-state index contributed by atoms with van der Waals surface area (Å²) < 4.78 is 28.7. The summed E-state index contributed by atoms with van der Waals surface area (Å²) in [5, 5.41) is 3.11. The van der Waals surface area contributed by atoms with Gasteiger partial charge in [0, 0.05) is 0 Å². The summed E-state index contributed by atoms with van der Waals surface area (Å²) in [6.45, 7) is 7.50. The lowest BCUT2D eigenvalue weighted by atomic mass is 9.89. The molecule has 5 nitrogen and oxygen atoms in total. The number of hydrogen-bond donors (Lipinski definition) is 1. The minimum absolute atomic E-state index is 0.169. The first-order chi connectivity index (χ1) is 17.2. The molecule has 1 amide bonds. The van der Waals surface area contributed by atoms with Gasteiger partial charge in [-0.1, -0.05) is 60.5 Å². The Balaban J connectivity index is 1.62. The van der Waals surface area contributed by atoms with Gasteiger partial charge in [-0.3, -0.25) is 9.10 Å². The summed E-state index contributed by atoms with van der Waals surface area (Å²) in [7, 11) is -3.95. The number of carbonyl (C=O) groups is 1. The van der Waals surface area contributed by atoms with E-state index in [9.17, 15) is 13.2 Å². The number of carbonyl (C=O) groups excluding carboxylic acids is 1. The second kappa shape index (κ2) is 10.9. The van der Waals surface area contributed by atoms with Gasteiger partial charge in [0.25, 0.3) is 10.0 Å². The molecule has 0 heterocycles. The third-order valence-electron chi connectivity index (χ3n) is 7.04. The van der Waals surface area contributed by atoms with Crippen LogP contribution in [0.25, 0.3) is 0 Å². The quantitative estimate of drug-likeness (QED) is 0.412. The first-order valence-corrected chi connectivity index (χ1v) is 14.2. The summed E-state index contributed by atoms with van der Waals surface area (Å²) in [5.41, 5.74) is 7.17. The zero-order valence-corrected chi connectivity index (χ0v) is 22.5. The molecule has 6 heteroatoms. The molecule has 0 radical (unpaired) electrons. The maximum atomic E-state index is 13.7. The van der Waals surface area contributed by atoms with Crippen molar-refractivity contribution in [3.8, 4) is 0 Å². The number of benzene rings is 3. The summed E-state index contributed by atoms with van der Waals surface area (Å²) in [5.74, 6) is -0.324. The molecule has 0 aromatic heterocycles. The van der Waals surface area contributed by atoms with Crippen LogP contribution in [-0.2, 0) is 27.7 Å². The van der Waals surface area contributed by atoms with Crippen molar-refractivity contribution in [3.05, 3.63) is 94.0 Å². The highest BCUT2D eigenvalue weighted by atomic mass is 32.2. The lowest BCUT2D eigenvalue weighted by Gasteiger charge is -2.27. The molecule has 1 N–H and O–H groups in total. The van der Waals surface area contributed by atoms with Crippen LogP contribution < -0.4 is 9.62 Å². The van der Waals surface area contributed by atoms with E-state index in [1.54, 1.807) is 30.3 Å². The maximum Gasteiger partial charge on any atom is 0.264 e.